The lowest BCUT2D eigenvalue weighted by atomic mass is 10.4. The van der Waals surface area contributed by atoms with Crippen LogP contribution in [0.3, 0.4) is 0 Å². The highest BCUT2D eigenvalue weighted by molar-refractivity contribution is 14.1. The SMILES string of the molecule is CN(CCCN)c1nc[nH]c(=O)c1I. The molecule has 5 nitrogen and oxygen atoms in total. The summed E-state index contributed by atoms with van der Waals surface area (Å²) in [4.78, 5) is 19.8. The van der Waals surface area contributed by atoms with Crippen LogP contribution in [-0.2, 0) is 0 Å². The average Bonchev–Trinajstić information content (AvgIpc) is 2.18. The summed E-state index contributed by atoms with van der Waals surface area (Å²) in [6.45, 7) is 1.45. The van der Waals surface area contributed by atoms with Gasteiger partial charge >= 0.3 is 0 Å². The first kappa shape index (κ1) is 11.4. The fraction of sp³-hybridized carbons (Fsp3) is 0.500. The molecule has 3 N–H and O–H groups in total. The first-order valence-electron chi connectivity index (χ1n) is 4.31. The van der Waals surface area contributed by atoms with Crippen molar-refractivity contribution in [1.29, 1.82) is 0 Å². The van der Waals surface area contributed by atoms with Gasteiger partial charge in [0, 0.05) is 13.6 Å². The summed E-state index contributed by atoms with van der Waals surface area (Å²) in [5.41, 5.74) is 5.30. The number of anilines is 1. The topological polar surface area (TPSA) is 75.0 Å². The Balaban J connectivity index is 2.84. The van der Waals surface area contributed by atoms with Gasteiger partial charge in [-0.15, -0.1) is 0 Å². The zero-order valence-electron chi connectivity index (χ0n) is 7.96. The minimum atomic E-state index is -0.102. The molecule has 0 atom stereocenters. The molecule has 78 valence electrons. The van der Waals surface area contributed by atoms with E-state index in [0.29, 0.717) is 15.9 Å². The number of hydrogen-bond acceptors (Lipinski definition) is 4. The van der Waals surface area contributed by atoms with Gasteiger partial charge < -0.3 is 15.6 Å². The molecule has 0 aliphatic heterocycles. The van der Waals surface area contributed by atoms with Crippen molar-refractivity contribution in [3.8, 4) is 0 Å². The maximum Gasteiger partial charge on any atom is 0.266 e. The van der Waals surface area contributed by atoms with Gasteiger partial charge in [0.2, 0.25) is 0 Å². The van der Waals surface area contributed by atoms with Crippen LogP contribution in [0.1, 0.15) is 6.42 Å². The van der Waals surface area contributed by atoms with Crippen LogP contribution in [0.2, 0.25) is 0 Å². The smallest absolute Gasteiger partial charge is 0.266 e. The molecule has 6 heteroatoms. The number of halogens is 1. The summed E-state index contributed by atoms with van der Waals surface area (Å²) in [7, 11) is 1.90. The summed E-state index contributed by atoms with van der Waals surface area (Å²) < 4.78 is 0.615. The Morgan fingerprint density at radius 2 is 2.43 bits per heavy atom. The van der Waals surface area contributed by atoms with Gasteiger partial charge in [-0.3, -0.25) is 4.79 Å². The van der Waals surface area contributed by atoms with Crippen LogP contribution in [0.15, 0.2) is 11.1 Å². The zero-order valence-corrected chi connectivity index (χ0v) is 10.1. The van der Waals surface area contributed by atoms with Crippen LogP contribution in [0.4, 0.5) is 5.82 Å². The summed E-state index contributed by atoms with van der Waals surface area (Å²) in [6, 6.07) is 0. The molecule has 1 aromatic heterocycles. The Bertz CT molecular complexity index is 351. The molecular formula is C8H13IN4O. The molecule has 0 saturated heterocycles. The van der Waals surface area contributed by atoms with Gasteiger partial charge in [0.15, 0.2) is 0 Å². The van der Waals surface area contributed by atoms with E-state index >= 15 is 0 Å². The normalized spacial score (nSPS) is 10.2. The van der Waals surface area contributed by atoms with E-state index in [-0.39, 0.29) is 5.56 Å². The average molecular weight is 308 g/mol. The first-order chi connectivity index (χ1) is 6.66. The minimum Gasteiger partial charge on any atom is -0.359 e. The molecule has 0 unspecified atom stereocenters. The third kappa shape index (κ3) is 2.68. The fourth-order valence-corrected chi connectivity index (χ4v) is 1.78. The summed E-state index contributed by atoms with van der Waals surface area (Å²) in [6.07, 6.45) is 2.31. The second kappa shape index (κ2) is 5.30. The van der Waals surface area contributed by atoms with Crippen LogP contribution >= 0.6 is 22.6 Å². The highest BCUT2D eigenvalue weighted by Gasteiger charge is 2.08. The molecule has 0 aliphatic rings. The largest absolute Gasteiger partial charge is 0.359 e. The fourth-order valence-electron chi connectivity index (χ4n) is 1.07. The van der Waals surface area contributed by atoms with Crippen molar-refractivity contribution in [3.63, 3.8) is 0 Å². The molecular weight excluding hydrogens is 295 g/mol. The number of nitrogens with two attached hydrogens (primary N) is 1. The van der Waals surface area contributed by atoms with Gasteiger partial charge in [-0.1, -0.05) is 0 Å². The van der Waals surface area contributed by atoms with Crippen LogP contribution in [0.5, 0.6) is 0 Å². The molecule has 0 spiro atoms. The Morgan fingerprint density at radius 1 is 1.71 bits per heavy atom. The van der Waals surface area contributed by atoms with E-state index in [1.807, 2.05) is 34.5 Å². The zero-order chi connectivity index (χ0) is 10.6. The van der Waals surface area contributed by atoms with E-state index in [1.54, 1.807) is 0 Å². The number of aromatic amines is 1. The van der Waals surface area contributed by atoms with Gasteiger partial charge in [-0.05, 0) is 35.6 Å². The van der Waals surface area contributed by atoms with Gasteiger partial charge in [0.05, 0.1) is 6.33 Å². The van der Waals surface area contributed by atoms with E-state index in [0.717, 1.165) is 13.0 Å². The predicted molar refractivity (Wildman–Crippen MR) is 64.5 cm³/mol. The number of hydrogen-bond donors (Lipinski definition) is 2. The highest BCUT2D eigenvalue weighted by Crippen LogP contribution is 2.13. The molecule has 0 aromatic carbocycles. The highest BCUT2D eigenvalue weighted by atomic mass is 127. The van der Waals surface area contributed by atoms with E-state index < -0.39 is 0 Å². The molecule has 0 aliphatic carbocycles. The van der Waals surface area contributed by atoms with Crippen LogP contribution in [0.25, 0.3) is 0 Å². The van der Waals surface area contributed by atoms with E-state index in [2.05, 4.69) is 9.97 Å². The van der Waals surface area contributed by atoms with Crippen LogP contribution in [-0.4, -0.2) is 30.1 Å². The molecule has 1 heterocycles. The van der Waals surface area contributed by atoms with Crippen molar-refractivity contribution in [1.82, 2.24) is 9.97 Å². The van der Waals surface area contributed by atoms with Gasteiger partial charge in [-0.25, -0.2) is 4.98 Å². The maximum absolute atomic E-state index is 11.3. The Labute approximate surface area is 95.9 Å². The Morgan fingerprint density at radius 3 is 3.07 bits per heavy atom. The number of rotatable bonds is 4. The second-order valence-electron chi connectivity index (χ2n) is 2.93. The van der Waals surface area contributed by atoms with Crippen molar-refractivity contribution in [2.75, 3.05) is 25.0 Å². The van der Waals surface area contributed by atoms with E-state index in [1.165, 1.54) is 6.33 Å². The number of aromatic nitrogens is 2. The quantitative estimate of drug-likeness (QED) is 0.777. The minimum absolute atomic E-state index is 0.102. The molecule has 1 aromatic rings. The summed E-state index contributed by atoms with van der Waals surface area (Å²) in [5.74, 6) is 0.711. The van der Waals surface area contributed by atoms with Crippen LogP contribution < -0.4 is 16.2 Å². The number of nitrogens with one attached hydrogen (secondary N) is 1. The predicted octanol–water partition coefficient (Wildman–Crippen LogP) is 0.159. The van der Waals surface area contributed by atoms with Gasteiger partial charge in [-0.2, -0.15) is 0 Å². The van der Waals surface area contributed by atoms with Crippen molar-refractivity contribution in [2.24, 2.45) is 5.73 Å². The lowest BCUT2D eigenvalue weighted by Crippen LogP contribution is -2.26. The standard InChI is InChI=1S/C8H13IN4O/c1-13(4-2-3-10)7-6(9)8(14)12-5-11-7/h5H,2-4,10H2,1H3,(H,11,12,14). The van der Waals surface area contributed by atoms with Gasteiger partial charge in [0.25, 0.3) is 5.56 Å². The number of H-pyrrole nitrogens is 1. The number of nitrogens with zero attached hydrogens (tertiary/aromatic N) is 2. The molecule has 0 saturated carbocycles. The Kier molecular flexibility index (Phi) is 4.33. The monoisotopic (exact) mass is 308 g/mol. The van der Waals surface area contributed by atoms with Crippen LogP contribution in [0, 0.1) is 3.57 Å². The van der Waals surface area contributed by atoms with Crippen molar-refractivity contribution in [2.45, 2.75) is 6.42 Å². The molecule has 0 amide bonds. The molecule has 0 fully saturated rings. The van der Waals surface area contributed by atoms with Gasteiger partial charge in [0.1, 0.15) is 9.39 Å². The summed E-state index contributed by atoms with van der Waals surface area (Å²) >= 11 is 1.99. The molecule has 0 bridgehead atoms. The summed E-state index contributed by atoms with van der Waals surface area (Å²) in [5, 5.41) is 0. The lowest BCUT2D eigenvalue weighted by Gasteiger charge is -2.17. The van der Waals surface area contributed by atoms with Crippen molar-refractivity contribution < 1.29 is 0 Å². The second-order valence-corrected chi connectivity index (χ2v) is 4.01. The third-order valence-electron chi connectivity index (χ3n) is 1.84. The molecule has 14 heavy (non-hydrogen) atoms. The lowest BCUT2D eigenvalue weighted by molar-refractivity contribution is 0.781. The third-order valence-corrected chi connectivity index (χ3v) is 2.81. The van der Waals surface area contributed by atoms with Crippen molar-refractivity contribution >= 4 is 28.4 Å². The first-order valence-corrected chi connectivity index (χ1v) is 5.39. The van der Waals surface area contributed by atoms with E-state index in [9.17, 15) is 4.79 Å². The Hall–Kier alpha value is -0.630. The van der Waals surface area contributed by atoms with E-state index in [4.69, 9.17) is 5.73 Å². The van der Waals surface area contributed by atoms with Crippen molar-refractivity contribution in [3.05, 3.63) is 20.3 Å². The molecule has 1 rings (SSSR count). The maximum atomic E-state index is 11.3. The molecule has 0 radical (unpaired) electrons.